The zero-order valence-electron chi connectivity index (χ0n) is 13.5. The van der Waals surface area contributed by atoms with Crippen molar-refractivity contribution in [1.82, 2.24) is 10.4 Å². The minimum atomic E-state index is -0.300. The van der Waals surface area contributed by atoms with Crippen LogP contribution < -0.4 is 10.2 Å². The average Bonchev–Trinajstić information content (AvgIpc) is 3.04. The van der Waals surface area contributed by atoms with Crippen LogP contribution in [0.25, 0.3) is 10.9 Å². The Bertz CT molecular complexity index is 850. The van der Waals surface area contributed by atoms with Crippen molar-refractivity contribution in [3.63, 3.8) is 0 Å². The normalized spacial score (nSPS) is 11.0. The van der Waals surface area contributed by atoms with Crippen molar-refractivity contribution in [1.29, 1.82) is 0 Å². The van der Waals surface area contributed by atoms with Gasteiger partial charge in [0.1, 0.15) is 5.75 Å². The molecule has 1 amide bonds. The molecule has 24 heavy (non-hydrogen) atoms. The zero-order chi connectivity index (χ0) is 16.8. The van der Waals surface area contributed by atoms with Crippen LogP contribution in [0.4, 0.5) is 0 Å². The first-order valence-electron chi connectivity index (χ1n) is 7.86. The Hall–Kier alpha value is -3.08. The summed E-state index contributed by atoms with van der Waals surface area (Å²) in [5, 5.41) is 5.04. The number of nitrogens with zero attached hydrogens (tertiary/aromatic N) is 1. The molecule has 1 aromatic heterocycles. The second-order valence-electron chi connectivity index (χ2n) is 5.37. The van der Waals surface area contributed by atoms with Gasteiger partial charge >= 0.3 is 0 Å². The maximum absolute atomic E-state index is 11.8. The van der Waals surface area contributed by atoms with Gasteiger partial charge in [0, 0.05) is 22.7 Å². The third kappa shape index (κ3) is 3.81. The largest absolute Gasteiger partial charge is 0.484 e. The molecule has 3 rings (SSSR count). The maximum atomic E-state index is 11.8. The van der Waals surface area contributed by atoms with Crippen LogP contribution in [0.5, 0.6) is 5.75 Å². The second-order valence-corrected chi connectivity index (χ2v) is 5.37. The van der Waals surface area contributed by atoms with E-state index in [2.05, 4.69) is 22.4 Å². The van der Waals surface area contributed by atoms with Crippen molar-refractivity contribution in [3.05, 3.63) is 65.9 Å². The summed E-state index contributed by atoms with van der Waals surface area (Å²) in [6.45, 7) is 2.02. The summed E-state index contributed by atoms with van der Waals surface area (Å²) >= 11 is 0. The van der Waals surface area contributed by atoms with Gasteiger partial charge in [-0.1, -0.05) is 37.3 Å². The second kappa shape index (κ2) is 7.46. The van der Waals surface area contributed by atoms with Crippen molar-refractivity contribution in [3.8, 4) is 5.75 Å². The predicted molar refractivity (Wildman–Crippen MR) is 95.4 cm³/mol. The summed E-state index contributed by atoms with van der Waals surface area (Å²) in [5.41, 5.74) is 5.65. The highest BCUT2D eigenvalue weighted by molar-refractivity contribution is 5.99. The van der Waals surface area contributed by atoms with Crippen LogP contribution in [-0.2, 0) is 11.2 Å². The first-order chi connectivity index (χ1) is 11.8. The number of ether oxygens (including phenoxy) is 1. The number of aryl methyl sites for hydroxylation is 1. The molecule has 0 saturated carbocycles. The Labute approximate surface area is 140 Å². The molecule has 3 aromatic rings. The number of fused-ring (bicyclic) bond motifs is 1. The Morgan fingerprint density at radius 2 is 2.00 bits per heavy atom. The fraction of sp³-hybridized carbons (Fsp3) is 0.158. The molecule has 2 N–H and O–H groups in total. The molecule has 0 atom stereocenters. The highest BCUT2D eigenvalue weighted by atomic mass is 16.5. The van der Waals surface area contributed by atoms with Crippen molar-refractivity contribution in [2.24, 2.45) is 5.10 Å². The molecule has 0 fully saturated rings. The lowest BCUT2D eigenvalue weighted by Gasteiger charge is -2.05. The lowest BCUT2D eigenvalue weighted by atomic mass is 10.2. The molecular weight excluding hydrogens is 302 g/mol. The van der Waals surface area contributed by atoms with E-state index in [9.17, 15) is 4.79 Å². The Morgan fingerprint density at radius 3 is 2.79 bits per heavy atom. The third-order valence-corrected chi connectivity index (χ3v) is 3.72. The number of hydrazone groups is 1. The first kappa shape index (κ1) is 15.8. The topological polar surface area (TPSA) is 66.5 Å². The standard InChI is InChI=1S/C19H19N3O2/c1-2-14-7-9-16(10-8-14)24-13-19(23)22-21-12-15-11-20-18-6-4-3-5-17(15)18/h3-12,20H,2,13H2,1H3,(H,22,23)/b21-12+. The number of carbonyl (C=O) groups excluding carboxylic acids is 1. The van der Waals surface area contributed by atoms with Gasteiger partial charge < -0.3 is 9.72 Å². The predicted octanol–water partition coefficient (Wildman–Crippen LogP) is 3.26. The van der Waals surface area contributed by atoms with Gasteiger partial charge in [-0.2, -0.15) is 5.10 Å². The number of amides is 1. The molecule has 0 unspecified atom stereocenters. The van der Waals surface area contributed by atoms with Gasteiger partial charge in [-0.15, -0.1) is 0 Å². The van der Waals surface area contributed by atoms with E-state index >= 15 is 0 Å². The number of benzene rings is 2. The Kier molecular flexibility index (Phi) is 4.91. The minimum absolute atomic E-state index is 0.0727. The van der Waals surface area contributed by atoms with Crippen molar-refractivity contribution in [2.45, 2.75) is 13.3 Å². The van der Waals surface area contributed by atoms with Crippen LogP contribution in [0.2, 0.25) is 0 Å². The summed E-state index contributed by atoms with van der Waals surface area (Å²) in [5.74, 6) is 0.369. The van der Waals surface area contributed by atoms with Crippen molar-refractivity contribution in [2.75, 3.05) is 6.61 Å². The van der Waals surface area contributed by atoms with E-state index in [1.807, 2.05) is 54.7 Å². The summed E-state index contributed by atoms with van der Waals surface area (Å²) in [6, 6.07) is 15.6. The van der Waals surface area contributed by atoms with E-state index in [4.69, 9.17) is 4.74 Å². The number of rotatable bonds is 6. The highest BCUT2D eigenvalue weighted by Crippen LogP contribution is 2.15. The van der Waals surface area contributed by atoms with Gasteiger partial charge in [-0.25, -0.2) is 5.43 Å². The van der Waals surface area contributed by atoms with Gasteiger partial charge in [0.25, 0.3) is 5.91 Å². The number of hydrogen-bond donors (Lipinski definition) is 2. The summed E-state index contributed by atoms with van der Waals surface area (Å²) < 4.78 is 5.43. The molecule has 0 bridgehead atoms. The minimum Gasteiger partial charge on any atom is -0.484 e. The van der Waals surface area contributed by atoms with Crippen LogP contribution in [-0.4, -0.2) is 23.7 Å². The zero-order valence-corrected chi connectivity index (χ0v) is 13.5. The van der Waals surface area contributed by atoms with Crippen molar-refractivity contribution < 1.29 is 9.53 Å². The molecule has 0 spiro atoms. The van der Waals surface area contributed by atoms with Crippen LogP contribution in [0.1, 0.15) is 18.1 Å². The monoisotopic (exact) mass is 321 g/mol. The van der Waals surface area contributed by atoms with Crippen LogP contribution in [0, 0.1) is 0 Å². The number of H-pyrrole nitrogens is 1. The molecule has 122 valence electrons. The number of para-hydroxylation sites is 1. The van der Waals surface area contributed by atoms with E-state index in [1.54, 1.807) is 6.21 Å². The van der Waals surface area contributed by atoms with E-state index in [-0.39, 0.29) is 12.5 Å². The van der Waals surface area contributed by atoms with E-state index in [0.29, 0.717) is 5.75 Å². The first-order valence-corrected chi connectivity index (χ1v) is 7.86. The number of carbonyl (C=O) groups is 1. The summed E-state index contributed by atoms with van der Waals surface area (Å²) in [4.78, 5) is 14.9. The van der Waals surface area contributed by atoms with Gasteiger partial charge in [0.2, 0.25) is 0 Å². The SMILES string of the molecule is CCc1ccc(OCC(=O)N/N=C/c2c[nH]c3ccccc23)cc1. The van der Waals surface area contributed by atoms with Crippen LogP contribution in [0.3, 0.4) is 0 Å². The lowest BCUT2D eigenvalue weighted by Crippen LogP contribution is -2.24. The molecule has 0 saturated heterocycles. The van der Waals surface area contributed by atoms with Crippen LogP contribution in [0.15, 0.2) is 59.8 Å². The Morgan fingerprint density at radius 1 is 1.21 bits per heavy atom. The van der Waals surface area contributed by atoms with Gasteiger partial charge in [0.05, 0.1) is 6.21 Å². The maximum Gasteiger partial charge on any atom is 0.277 e. The molecule has 0 aliphatic rings. The average molecular weight is 321 g/mol. The van der Waals surface area contributed by atoms with E-state index in [0.717, 1.165) is 22.9 Å². The van der Waals surface area contributed by atoms with Gasteiger partial charge in [-0.05, 0) is 30.2 Å². The van der Waals surface area contributed by atoms with E-state index < -0.39 is 0 Å². The number of hydrogen-bond acceptors (Lipinski definition) is 3. The lowest BCUT2D eigenvalue weighted by molar-refractivity contribution is -0.123. The van der Waals surface area contributed by atoms with Crippen LogP contribution >= 0.6 is 0 Å². The van der Waals surface area contributed by atoms with Crippen molar-refractivity contribution >= 4 is 23.0 Å². The number of aromatic amines is 1. The third-order valence-electron chi connectivity index (χ3n) is 3.72. The number of aromatic nitrogens is 1. The molecule has 5 nitrogen and oxygen atoms in total. The molecule has 1 heterocycles. The summed E-state index contributed by atoms with van der Waals surface area (Å²) in [6.07, 6.45) is 4.45. The molecule has 0 aliphatic carbocycles. The fourth-order valence-electron chi connectivity index (χ4n) is 2.38. The molecule has 0 radical (unpaired) electrons. The molecular formula is C19H19N3O2. The summed E-state index contributed by atoms with van der Waals surface area (Å²) in [7, 11) is 0. The fourth-order valence-corrected chi connectivity index (χ4v) is 2.38. The smallest absolute Gasteiger partial charge is 0.277 e. The quantitative estimate of drug-likeness (QED) is 0.540. The van der Waals surface area contributed by atoms with Gasteiger partial charge in [-0.3, -0.25) is 4.79 Å². The molecule has 5 heteroatoms. The Balaban J connectivity index is 1.51. The van der Waals surface area contributed by atoms with E-state index in [1.165, 1.54) is 5.56 Å². The molecule has 2 aromatic carbocycles. The highest BCUT2D eigenvalue weighted by Gasteiger charge is 2.03. The molecule has 0 aliphatic heterocycles. The number of nitrogens with one attached hydrogen (secondary N) is 2. The van der Waals surface area contributed by atoms with Gasteiger partial charge in [0.15, 0.2) is 6.61 Å².